The predicted octanol–water partition coefficient (Wildman–Crippen LogP) is 1.65. The van der Waals surface area contributed by atoms with Crippen LogP contribution in [-0.2, 0) is 10.3 Å². The molecule has 1 unspecified atom stereocenters. The van der Waals surface area contributed by atoms with Gasteiger partial charge >= 0.3 is 0 Å². The van der Waals surface area contributed by atoms with Crippen molar-refractivity contribution in [2.75, 3.05) is 7.05 Å². The maximum absolute atomic E-state index is 11.5. The molecule has 0 saturated carbocycles. The Morgan fingerprint density at radius 3 is 2.67 bits per heavy atom. The molecule has 0 saturated heterocycles. The molecule has 0 aliphatic rings. The number of carbonyl (C=O) groups excluding carboxylic acids is 1. The molecule has 82 valence electrons. The second kappa shape index (κ2) is 4.64. The highest BCUT2D eigenvalue weighted by Crippen LogP contribution is 2.26. The van der Waals surface area contributed by atoms with Crippen LogP contribution in [0.15, 0.2) is 24.3 Å². The van der Waals surface area contributed by atoms with E-state index in [-0.39, 0.29) is 0 Å². The van der Waals surface area contributed by atoms with Gasteiger partial charge in [0.25, 0.3) is 0 Å². The Balaban J connectivity index is 3.26. The van der Waals surface area contributed by atoms with Gasteiger partial charge in [-0.05, 0) is 31.2 Å². The van der Waals surface area contributed by atoms with Crippen LogP contribution < -0.4 is 11.1 Å². The van der Waals surface area contributed by atoms with Crippen LogP contribution in [0.3, 0.4) is 0 Å². The molecular weight excluding hydrogens is 212 g/mol. The van der Waals surface area contributed by atoms with Crippen molar-refractivity contribution in [2.45, 2.75) is 18.9 Å². The van der Waals surface area contributed by atoms with Gasteiger partial charge in [-0.2, -0.15) is 0 Å². The summed E-state index contributed by atoms with van der Waals surface area (Å²) in [5.41, 5.74) is 5.40. The molecular formula is C11H15ClN2O. The van der Waals surface area contributed by atoms with Crippen molar-refractivity contribution < 1.29 is 4.79 Å². The zero-order valence-electron chi connectivity index (χ0n) is 8.88. The number of amides is 1. The van der Waals surface area contributed by atoms with Gasteiger partial charge in [-0.25, -0.2) is 0 Å². The third-order valence-corrected chi connectivity index (χ3v) is 2.93. The average molecular weight is 227 g/mol. The number of rotatable bonds is 4. The predicted molar refractivity (Wildman–Crippen MR) is 61.7 cm³/mol. The normalized spacial score (nSPS) is 14.6. The van der Waals surface area contributed by atoms with Crippen LogP contribution in [0.5, 0.6) is 0 Å². The highest BCUT2D eigenvalue weighted by Gasteiger charge is 2.34. The van der Waals surface area contributed by atoms with Gasteiger partial charge in [0.1, 0.15) is 5.54 Å². The smallest absolute Gasteiger partial charge is 0.242 e. The lowest BCUT2D eigenvalue weighted by atomic mass is 9.87. The summed E-state index contributed by atoms with van der Waals surface area (Å²) < 4.78 is 0. The lowest BCUT2D eigenvalue weighted by Gasteiger charge is -2.29. The zero-order chi connectivity index (χ0) is 11.5. The van der Waals surface area contributed by atoms with Gasteiger partial charge in [0, 0.05) is 5.02 Å². The van der Waals surface area contributed by atoms with E-state index < -0.39 is 11.4 Å². The SMILES string of the molecule is CCC(NC)(C(N)=O)c1cccc(Cl)c1. The number of nitrogens with two attached hydrogens (primary N) is 1. The summed E-state index contributed by atoms with van der Waals surface area (Å²) in [5.74, 6) is -0.394. The van der Waals surface area contributed by atoms with Crippen molar-refractivity contribution in [3.63, 3.8) is 0 Å². The van der Waals surface area contributed by atoms with Crippen LogP contribution in [0.25, 0.3) is 0 Å². The molecule has 0 aliphatic carbocycles. The van der Waals surface area contributed by atoms with Crippen molar-refractivity contribution >= 4 is 17.5 Å². The summed E-state index contributed by atoms with van der Waals surface area (Å²) in [6.07, 6.45) is 0.583. The molecule has 4 heteroatoms. The molecule has 1 aromatic rings. The maximum Gasteiger partial charge on any atom is 0.242 e. The summed E-state index contributed by atoms with van der Waals surface area (Å²) in [6, 6.07) is 7.17. The van der Waals surface area contributed by atoms with E-state index in [4.69, 9.17) is 17.3 Å². The quantitative estimate of drug-likeness (QED) is 0.820. The van der Waals surface area contributed by atoms with Crippen LogP contribution in [0.2, 0.25) is 5.02 Å². The second-order valence-corrected chi connectivity index (χ2v) is 3.82. The first-order valence-electron chi connectivity index (χ1n) is 4.81. The minimum Gasteiger partial charge on any atom is -0.368 e. The Bertz CT molecular complexity index is 361. The minimum atomic E-state index is -0.828. The summed E-state index contributed by atoms with van der Waals surface area (Å²) in [7, 11) is 1.72. The van der Waals surface area contributed by atoms with Gasteiger partial charge in [0.2, 0.25) is 5.91 Å². The molecule has 0 aliphatic heterocycles. The molecule has 0 spiro atoms. The number of halogens is 1. The van der Waals surface area contributed by atoms with Gasteiger partial charge in [0.15, 0.2) is 0 Å². The fourth-order valence-electron chi connectivity index (χ4n) is 1.72. The molecule has 0 bridgehead atoms. The average Bonchev–Trinajstić information content (AvgIpc) is 2.20. The Hall–Kier alpha value is -1.06. The molecule has 1 rings (SSSR count). The maximum atomic E-state index is 11.5. The van der Waals surface area contributed by atoms with Crippen molar-refractivity contribution in [3.8, 4) is 0 Å². The zero-order valence-corrected chi connectivity index (χ0v) is 9.64. The van der Waals surface area contributed by atoms with Crippen LogP contribution in [0.4, 0.5) is 0 Å². The molecule has 0 heterocycles. The van der Waals surface area contributed by atoms with Crippen molar-refractivity contribution in [2.24, 2.45) is 5.73 Å². The van der Waals surface area contributed by atoms with Crippen molar-refractivity contribution in [1.82, 2.24) is 5.32 Å². The van der Waals surface area contributed by atoms with Crippen LogP contribution in [0.1, 0.15) is 18.9 Å². The lowest BCUT2D eigenvalue weighted by Crippen LogP contribution is -2.50. The van der Waals surface area contributed by atoms with Crippen molar-refractivity contribution in [1.29, 1.82) is 0 Å². The highest BCUT2D eigenvalue weighted by atomic mass is 35.5. The molecule has 1 amide bonds. The summed E-state index contributed by atoms with van der Waals surface area (Å²) >= 11 is 5.89. The number of nitrogens with one attached hydrogen (secondary N) is 1. The van der Waals surface area contributed by atoms with E-state index in [1.807, 2.05) is 19.1 Å². The molecule has 0 radical (unpaired) electrons. The summed E-state index contributed by atoms with van der Waals surface area (Å²) in [5, 5.41) is 3.57. The van der Waals surface area contributed by atoms with E-state index in [1.165, 1.54) is 0 Å². The topological polar surface area (TPSA) is 55.1 Å². The van der Waals surface area contributed by atoms with Gasteiger partial charge in [-0.3, -0.25) is 4.79 Å². The Kier molecular flexibility index (Phi) is 3.72. The monoisotopic (exact) mass is 226 g/mol. The number of hydrogen-bond donors (Lipinski definition) is 2. The third kappa shape index (κ3) is 2.13. The Labute approximate surface area is 94.6 Å². The van der Waals surface area contributed by atoms with Crippen LogP contribution in [-0.4, -0.2) is 13.0 Å². The fraction of sp³-hybridized carbons (Fsp3) is 0.364. The number of carbonyl (C=O) groups is 1. The van der Waals surface area contributed by atoms with E-state index >= 15 is 0 Å². The molecule has 1 aromatic carbocycles. The second-order valence-electron chi connectivity index (χ2n) is 3.38. The number of likely N-dealkylation sites (N-methyl/N-ethyl adjacent to an activating group) is 1. The first-order valence-corrected chi connectivity index (χ1v) is 5.19. The van der Waals surface area contributed by atoms with Crippen LogP contribution in [0, 0.1) is 0 Å². The number of benzene rings is 1. The first kappa shape index (κ1) is 12.0. The fourth-order valence-corrected chi connectivity index (χ4v) is 1.91. The summed E-state index contributed by atoms with van der Waals surface area (Å²) in [4.78, 5) is 11.5. The van der Waals surface area contributed by atoms with Gasteiger partial charge in [-0.15, -0.1) is 0 Å². The first-order chi connectivity index (χ1) is 7.06. The third-order valence-electron chi connectivity index (χ3n) is 2.70. The van der Waals surface area contributed by atoms with Crippen molar-refractivity contribution in [3.05, 3.63) is 34.9 Å². The van der Waals surface area contributed by atoms with Gasteiger partial charge in [0.05, 0.1) is 0 Å². The number of hydrogen-bond acceptors (Lipinski definition) is 2. The highest BCUT2D eigenvalue weighted by molar-refractivity contribution is 6.30. The van der Waals surface area contributed by atoms with E-state index in [0.29, 0.717) is 11.4 Å². The van der Waals surface area contributed by atoms with E-state index in [0.717, 1.165) is 5.56 Å². The molecule has 0 aromatic heterocycles. The standard InChI is InChI=1S/C11H15ClN2O/c1-3-11(14-2,10(13)15)8-5-4-6-9(12)7-8/h4-7,14H,3H2,1-2H3,(H2,13,15). The van der Waals surface area contributed by atoms with Gasteiger partial charge < -0.3 is 11.1 Å². The summed E-state index contributed by atoms with van der Waals surface area (Å²) in [6.45, 7) is 1.90. The molecule has 0 fully saturated rings. The van der Waals surface area contributed by atoms with E-state index in [2.05, 4.69) is 5.32 Å². The molecule has 1 atom stereocenters. The lowest BCUT2D eigenvalue weighted by molar-refractivity contribution is -0.124. The largest absolute Gasteiger partial charge is 0.368 e. The van der Waals surface area contributed by atoms with E-state index in [9.17, 15) is 4.79 Å². The minimum absolute atomic E-state index is 0.394. The number of primary amides is 1. The van der Waals surface area contributed by atoms with Gasteiger partial charge in [-0.1, -0.05) is 30.7 Å². The molecule has 3 N–H and O–H groups in total. The Morgan fingerprint density at radius 2 is 2.27 bits per heavy atom. The molecule has 3 nitrogen and oxygen atoms in total. The Morgan fingerprint density at radius 1 is 1.60 bits per heavy atom. The molecule has 15 heavy (non-hydrogen) atoms. The van der Waals surface area contributed by atoms with E-state index in [1.54, 1.807) is 19.2 Å². The van der Waals surface area contributed by atoms with Crippen LogP contribution >= 0.6 is 11.6 Å².